The zero-order valence-corrected chi connectivity index (χ0v) is 13.3. The summed E-state index contributed by atoms with van der Waals surface area (Å²) in [7, 11) is -9.87. The van der Waals surface area contributed by atoms with E-state index in [4.69, 9.17) is 0 Å². The molecule has 2 amide bonds. The molecule has 0 radical (unpaired) electrons. The van der Waals surface area contributed by atoms with Gasteiger partial charge in [0.15, 0.2) is 0 Å². The van der Waals surface area contributed by atoms with Crippen LogP contribution < -0.4 is 0 Å². The van der Waals surface area contributed by atoms with E-state index in [0.717, 1.165) is 0 Å². The fraction of sp³-hybridized carbons (Fsp3) is 0. The normalized spacial score (nSPS) is 16.7. The van der Waals surface area contributed by atoms with E-state index in [1.807, 2.05) is 0 Å². The van der Waals surface area contributed by atoms with Crippen LogP contribution in [0.1, 0.15) is 31.1 Å². The summed E-state index contributed by atoms with van der Waals surface area (Å²) >= 11 is 0. The summed E-state index contributed by atoms with van der Waals surface area (Å²) < 4.78 is 63.2. The van der Waals surface area contributed by atoms with Crippen molar-refractivity contribution in [2.24, 2.45) is 0 Å². The monoisotopic (exact) mass is 393 g/mol. The highest BCUT2D eigenvalue weighted by Gasteiger charge is 2.65. The molecule has 0 aliphatic carbocycles. The Hall–Kier alpha value is -2.95. The van der Waals surface area contributed by atoms with Crippen molar-refractivity contribution in [3.63, 3.8) is 0 Å². The number of benzene rings is 2. The molecule has 1 aliphatic rings. The number of imide groups is 1. The highest BCUT2D eigenvalue weighted by Crippen LogP contribution is 3.02. The van der Waals surface area contributed by atoms with Crippen LogP contribution in [-0.2, 0) is 4.84 Å². The van der Waals surface area contributed by atoms with Crippen molar-refractivity contribution >= 4 is 28.0 Å². The smallest absolute Gasteiger partial charge is 0.324 e. The second-order valence-electron chi connectivity index (χ2n) is 5.32. The molecule has 0 unspecified atom stereocenters. The third kappa shape index (κ3) is 3.12. The molecule has 2 aromatic rings. The molecule has 0 spiro atoms. The molecule has 0 saturated heterocycles. The standard InChI is InChI=1S/C15H8F5NO4S/c16-26(17,18,19,20)10-7-5-9(6-8-10)15(24)25-21-13(22)11-3-1-2-4-12(11)14(21)23/h1-8H. The van der Waals surface area contributed by atoms with Crippen LogP contribution in [0.3, 0.4) is 0 Å². The molecule has 2 aromatic carbocycles. The lowest BCUT2D eigenvalue weighted by atomic mass is 10.1. The number of fused-ring (bicyclic) bond motifs is 1. The molecule has 11 heteroatoms. The summed E-state index contributed by atoms with van der Waals surface area (Å²) in [5, 5.41) is 0.158. The van der Waals surface area contributed by atoms with Gasteiger partial charge in [-0.15, -0.1) is 0 Å². The average Bonchev–Trinajstić information content (AvgIpc) is 2.78. The summed E-state index contributed by atoms with van der Waals surface area (Å²) in [5.74, 6) is -3.21. The van der Waals surface area contributed by atoms with Crippen molar-refractivity contribution in [3.05, 3.63) is 65.2 Å². The molecule has 1 aliphatic heterocycles. The van der Waals surface area contributed by atoms with Crippen molar-refractivity contribution in [1.29, 1.82) is 0 Å². The van der Waals surface area contributed by atoms with Gasteiger partial charge in [0.1, 0.15) is 4.90 Å². The fourth-order valence-electron chi connectivity index (χ4n) is 2.23. The maximum Gasteiger partial charge on any atom is 0.363 e. The minimum absolute atomic E-state index is 0.0124. The second kappa shape index (κ2) is 4.81. The topological polar surface area (TPSA) is 63.7 Å². The van der Waals surface area contributed by atoms with Gasteiger partial charge < -0.3 is 4.84 Å². The molecule has 1 heterocycles. The van der Waals surface area contributed by atoms with Gasteiger partial charge in [-0.2, -0.15) is 0 Å². The lowest BCUT2D eigenvalue weighted by Crippen LogP contribution is -2.32. The number of carbonyl (C=O) groups excluding carboxylic acids is 3. The van der Waals surface area contributed by atoms with E-state index in [9.17, 15) is 33.8 Å². The Labute approximate surface area is 142 Å². The first-order valence-corrected chi connectivity index (χ1v) is 8.77. The number of rotatable bonds is 3. The Morgan fingerprint density at radius 2 is 1.27 bits per heavy atom. The van der Waals surface area contributed by atoms with E-state index in [0.29, 0.717) is 12.1 Å². The predicted octanol–water partition coefficient (Wildman–Crippen LogP) is 4.71. The summed E-state index contributed by atoms with van der Waals surface area (Å²) in [6, 6.07) is 6.60. The molecule has 0 N–H and O–H groups in total. The highest BCUT2D eigenvalue weighted by molar-refractivity contribution is 8.45. The quantitative estimate of drug-likeness (QED) is 0.560. The van der Waals surface area contributed by atoms with E-state index >= 15 is 0 Å². The predicted molar refractivity (Wildman–Crippen MR) is 80.2 cm³/mol. The molecule has 0 aromatic heterocycles. The zero-order valence-electron chi connectivity index (χ0n) is 12.5. The highest BCUT2D eigenvalue weighted by atomic mass is 32.5. The Morgan fingerprint density at radius 3 is 1.69 bits per heavy atom. The van der Waals surface area contributed by atoms with E-state index in [2.05, 4.69) is 4.84 Å². The van der Waals surface area contributed by atoms with Gasteiger partial charge in [-0.3, -0.25) is 9.59 Å². The van der Waals surface area contributed by atoms with Gasteiger partial charge in [-0.25, -0.2) is 4.79 Å². The number of nitrogens with zero attached hydrogens (tertiary/aromatic N) is 1. The number of hydrogen-bond donors (Lipinski definition) is 0. The summed E-state index contributed by atoms with van der Waals surface area (Å²) in [6.45, 7) is 0. The SMILES string of the molecule is O=C(ON1C(=O)c2ccccc2C1=O)c1ccc(S(F)(F)(F)(F)F)cc1. The van der Waals surface area contributed by atoms with Crippen molar-refractivity contribution in [2.45, 2.75) is 4.90 Å². The molecule has 138 valence electrons. The Kier molecular flexibility index (Phi) is 3.31. The van der Waals surface area contributed by atoms with E-state index in [1.54, 1.807) is 0 Å². The Morgan fingerprint density at radius 1 is 0.808 bits per heavy atom. The fourth-order valence-corrected chi connectivity index (χ4v) is 2.88. The maximum absolute atomic E-state index is 12.6. The van der Waals surface area contributed by atoms with Crippen LogP contribution in [0.4, 0.5) is 19.4 Å². The van der Waals surface area contributed by atoms with Crippen LogP contribution in [0, 0.1) is 0 Å². The molecule has 5 nitrogen and oxygen atoms in total. The molecule has 0 bridgehead atoms. The first-order valence-electron chi connectivity index (χ1n) is 6.82. The van der Waals surface area contributed by atoms with Gasteiger partial charge >= 0.3 is 16.2 Å². The lowest BCUT2D eigenvalue weighted by Gasteiger charge is -2.40. The molecule has 26 heavy (non-hydrogen) atoms. The molecular weight excluding hydrogens is 385 g/mol. The van der Waals surface area contributed by atoms with Crippen LogP contribution in [0.5, 0.6) is 0 Å². The zero-order chi connectivity index (χ0) is 19.4. The first kappa shape index (κ1) is 17.9. The first-order chi connectivity index (χ1) is 11.8. The van der Waals surface area contributed by atoms with Gasteiger partial charge in [0.05, 0.1) is 16.7 Å². The summed E-state index contributed by atoms with van der Waals surface area (Å²) in [4.78, 5) is 38.4. The van der Waals surface area contributed by atoms with Gasteiger partial charge in [-0.1, -0.05) is 36.6 Å². The molecule has 0 atom stereocenters. The van der Waals surface area contributed by atoms with Crippen LogP contribution >= 0.6 is 10.2 Å². The number of amides is 2. The third-order valence-electron chi connectivity index (χ3n) is 3.47. The van der Waals surface area contributed by atoms with E-state index < -0.39 is 38.5 Å². The molecule has 0 saturated carbocycles. The number of halogens is 5. The van der Waals surface area contributed by atoms with Gasteiger partial charge in [0, 0.05) is 0 Å². The van der Waals surface area contributed by atoms with E-state index in [-0.39, 0.29) is 28.3 Å². The molecule has 3 rings (SSSR count). The van der Waals surface area contributed by atoms with Crippen molar-refractivity contribution in [1.82, 2.24) is 5.06 Å². The van der Waals surface area contributed by atoms with Crippen molar-refractivity contribution in [2.75, 3.05) is 0 Å². The number of hydrogen-bond acceptors (Lipinski definition) is 4. The van der Waals surface area contributed by atoms with Crippen LogP contribution in [0.15, 0.2) is 53.4 Å². The third-order valence-corrected chi connectivity index (χ3v) is 4.63. The van der Waals surface area contributed by atoms with Gasteiger partial charge in [0.2, 0.25) is 0 Å². The minimum atomic E-state index is -9.87. The summed E-state index contributed by atoms with van der Waals surface area (Å²) in [5.41, 5.74) is -0.574. The Balaban J connectivity index is 1.82. The van der Waals surface area contributed by atoms with Gasteiger partial charge in [0.25, 0.3) is 11.8 Å². The Bertz CT molecular complexity index is 922. The van der Waals surface area contributed by atoms with Gasteiger partial charge in [-0.05, 0) is 36.4 Å². The average molecular weight is 393 g/mol. The summed E-state index contributed by atoms with van der Waals surface area (Å²) in [6.07, 6.45) is 0. The number of hydroxylamine groups is 2. The van der Waals surface area contributed by atoms with Crippen LogP contribution in [-0.4, -0.2) is 22.8 Å². The van der Waals surface area contributed by atoms with Crippen molar-refractivity contribution < 1.29 is 38.6 Å². The second-order valence-corrected chi connectivity index (χ2v) is 7.73. The van der Waals surface area contributed by atoms with Crippen molar-refractivity contribution in [3.8, 4) is 0 Å². The lowest BCUT2D eigenvalue weighted by molar-refractivity contribution is -0.0584. The number of carbonyl (C=O) groups is 3. The largest absolute Gasteiger partial charge is 0.363 e. The van der Waals surface area contributed by atoms with Crippen LogP contribution in [0.2, 0.25) is 0 Å². The van der Waals surface area contributed by atoms with E-state index in [1.165, 1.54) is 24.3 Å². The minimum Gasteiger partial charge on any atom is -0.324 e. The molecular formula is C15H8F5NO4S. The molecule has 0 fully saturated rings. The maximum atomic E-state index is 12.6. The van der Waals surface area contributed by atoms with Crippen LogP contribution in [0.25, 0.3) is 0 Å².